The monoisotopic (exact) mass is 133 g/mol. The Balaban J connectivity index is 2.95. The zero-order valence-corrected chi connectivity index (χ0v) is 6.05. The Morgan fingerprint density at radius 1 is 1.67 bits per heavy atom. The van der Waals surface area contributed by atoms with Gasteiger partial charge in [0.2, 0.25) is 0 Å². The van der Waals surface area contributed by atoms with Gasteiger partial charge in [0, 0.05) is 19.7 Å². The Bertz CT molecular complexity index is 59.0. The fourth-order valence-corrected chi connectivity index (χ4v) is 0.620. The molecule has 0 aromatic carbocycles. The van der Waals surface area contributed by atoms with Crippen molar-refractivity contribution in [3.05, 3.63) is 0 Å². The molecule has 9 heavy (non-hydrogen) atoms. The van der Waals surface area contributed by atoms with Crippen LogP contribution in [-0.4, -0.2) is 38.0 Å². The van der Waals surface area contributed by atoms with E-state index in [-0.39, 0.29) is 6.61 Å². The number of aliphatic hydroxyl groups excluding tert-OH is 1. The lowest BCUT2D eigenvalue weighted by molar-refractivity contribution is 0.168. The molecule has 2 N–H and O–H groups in total. The van der Waals surface area contributed by atoms with Crippen LogP contribution in [0.5, 0.6) is 0 Å². The average Bonchev–Trinajstić information content (AvgIpc) is 1.85. The summed E-state index contributed by atoms with van der Waals surface area (Å²) in [5.41, 5.74) is 0. The summed E-state index contributed by atoms with van der Waals surface area (Å²) in [6.07, 6.45) is 0. The number of nitrogens with one attached hydrogen (secondary N) is 1. The van der Waals surface area contributed by atoms with Crippen molar-refractivity contribution >= 4 is 0 Å². The Kier molecular flexibility index (Phi) is 5.93. The van der Waals surface area contributed by atoms with Crippen LogP contribution in [0.15, 0.2) is 0 Å². The van der Waals surface area contributed by atoms with Crippen molar-refractivity contribution in [3.8, 4) is 0 Å². The molecule has 56 valence electrons. The third-order valence-electron chi connectivity index (χ3n) is 1.02. The minimum atomic E-state index is 0.189. The van der Waals surface area contributed by atoms with Gasteiger partial charge >= 0.3 is 0 Å². The van der Waals surface area contributed by atoms with Gasteiger partial charge in [0.1, 0.15) is 0 Å². The first-order valence-electron chi connectivity index (χ1n) is 3.14. The van der Waals surface area contributed by atoms with Gasteiger partial charge in [-0.3, -0.25) is 0 Å². The number of aliphatic hydroxyl groups is 1. The van der Waals surface area contributed by atoms with Gasteiger partial charge in [0.25, 0.3) is 0 Å². The molecule has 0 rings (SSSR count). The topological polar surface area (TPSA) is 41.5 Å². The summed E-state index contributed by atoms with van der Waals surface area (Å²) in [5, 5.41) is 11.4. The van der Waals surface area contributed by atoms with Crippen LogP contribution in [0.1, 0.15) is 6.92 Å². The van der Waals surface area contributed by atoms with Gasteiger partial charge in [0.15, 0.2) is 0 Å². The summed E-state index contributed by atoms with van der Waals surface area (Å²) in [7, 11) is 1.66. The highest BCUT2D eigenvalue weighted by atomic mass is 16.5. The van der Waals surface area contributed by atoms with Crippen molar-refractivity contribution in [1.82, 2.24) is 5.32 Å². The standard InChI is InChI=1S/C6H15NO2/c1-6(5-9-2)7-3-4-8/h6-8H,3-5H2,1-2H3. The SMILES string of the molecule is COCC(C)NCCO. The molecule has 0 spiro atoms. The van der Waals surface area contributed by atoms with E-state index in [2.05, 4.69) is 5.32 Å². The highest BCUT2D eigenvalue weighted by Crippen LogP contribution is 1.79. The molecule has 0 radical (unpaired) electrons. The van der Waals surface area contributed by atoms with E-state index >= 15 is 0 Å². The van der Waals surface area contributed by atoms with Crippen molar-refractivity contribution in [1.29, 1.82) is 0 Å². The third kappa shape index (κ3) is 5.76. The van der Waals surface area contributed by atoms with Crippen LogP contribution >= 0.6 is 0 Å². The lowest BCUT2D eigenvalue weighted by Gasteiger charge is -2.10. The third-order valence-corrected chi connectivity index (χ3v) is 1.02. The second-order valence-electron chi connectivity index (χ2n) is 2.03. The molecule has 0 heterocycles. The van der Waals surface area contributed by atoms with Crippen LogP contribution in [0.4, 0.5) is 0 Å². The lowest BCUT2D eigenvalue weighted by atomic mass is 10.3. The van der Waals surface area contributed by atoms with Crippen LogP contribution in [0, 0.1) is 0 Å². The number of rotatable bonds is 5. The molecule has 1 unspecified atom stereocenters. The fourth-order valence-electron chi connectivity index (χ4n) is 0.620. The molecule has 0 bridgehead atoms. The molecule has 0 saturated carbocycles. The van der Waals surface area contributed by atoms with Crippen molar-refractivity contribution in [3.63, 3.8) is 0 Å². The molecule has 0 aliphatic heterocycles. The van der Waals surface area contributed by atoms with E-state index in [1.165, 1.54) is 0 Å². The van der Waals surface area contributed by atoms with Gasteiger partial charge in [-0.25, -0.2) is 0 Å². The lowest BCUT2D eigenvalue weighted by Crippen LogP contribution is -2.32. The maximum atomic E-state index is 8.38. The van der Waals surface area contributed by atoms with Gasteiger partial charge in [-0.15, -0.1) is 0 Å². The van der Waals surface area contributed by atoms with Crippen LogP contribution < -0.4 is 5.32 Å². The molecule has 1 atom stereocenters. The number of hydrogen-bond acceptors (Lipinski definition) is 3. The van der Waals surface area contributed by atoms with Gasteiger partial charge in [0.05, 0.1) is 13.2 Å². The van der Waals surface area contributed by atoms with Gasteiger partial charge < -0.3 is 15.2 Å². The number of methoxy groups -OCH3 is 1. The Morgan fingerprint density at radius 2 is 2.33 bits per heavy atom. The minimum absolute atomic E-state index is 0.189. The van der Waals surface area contributed by atoms with E-state index in [9.17, 15) is 0 Å². The quantitative estimate of drug-likeness (QED) is 0.536. The molecule has 0 aliphatic rings. The van der Waals surface area contributed by atoms with Crippen molar-refractivity contribution < 1.29 is 9.84 Å². The summed E-state index contributed by atoms with van der Waals surface area (Å²) in [6, 6.07) is 0.335. The van der Waals surface area contributed by atoms with E-state index in [1.54, 1.807) is 7.11 Å². The van der Waals surface area contributed by atoms with Crippen LogP contribution in [-0.2, 0) is 4.74 Å². The first-order valence-corrected chi connectivity index (χ1v) is 3.14. The van der Waals surface area contributed by atoms with Crippen LogP contribution in [0.3, 0.4) is 0 Å². The van der Waals surface area contributed by atoms with Gasteiger partial charge in [-0.2, -0.15) is 0 Å². The fraction of sp³-hybridized carbons (Fsp3) is 1.00. The molecule has 3 heteroatoms. The summed E-state index contributed by atoms with van der Waals surface area (Å²) in [4.78, 5) is 0. The molecule has 3 nitrogen and oxygen atoms in total. The zero-order chi connectivity index (χ0) is 7.11. The summed E-state index contributed by atoms with van der Waals surface area (Å²) in [6.45, 7) is 3.54. The highest BCUT2D eigenvalue weighted by Gasteiger charge is 1.96. The molecular weight excluding hydrogens is 118 g/mol. The Morgan fingerprint density at radius 3 is 2.78 bits per heavy atom. The largest absolute Gasteiger partial charge is 0.395 e. The van der Waals surface area contributed by atoms with E-state index in [1.807, 2.05) is 6.92 Å². The number of ether oxygens (including phenoxy) is 1. The normalized spacial score (nSPS) is 13.7. The Hall–Kier alpha value is -0.120. The minimum Gasteiger partial charge on any atom is -0.395 e. The van der Waals surface area contributed by atoms with Crippen molar-refractivity contribution in [2.75, 3.05) is 26.9 Å². The zero-order valence-electron chi connectivity index (χ0n) is 6.05. The predicted octanol–water partition coefficient (Wildman–Crippen LogP) is -0.397. The van der Waals surface area contributed by atoms with E-state index in [4.69, 9.17) is 9.84 Å². The van der Waals surface area contributed by atoms with Crippen molar-refractivity contribution in [2.45, 2.75) is 13.0 Å². The molecule has 0 aliphatic carbocycles. The van der Waals surface area contributed by atoms with Gasteiger partial charge in [-0.1, -0.05) is 0 Å². The van der Waals surface area contributed by atoms with E-state index in [0.717, 1.165) is 0 Å². The predicted molar refractivity (Wildman–Crippen MR) is 36.4 cm³/mol. The molecule has 0 aromatic heterocycles. The summed E-state index contributed by atoms with van der Waals surface area (Å²) in [5.74, 6) is 0. The maximum Gasteiger partial charge on any atom is 0.0613 e. The average molecular weight is 133 g/mol. The van der Waals surface area contributed by atoms with E-state index < -0.39 is 0 Å². The molecule has 0 amide bonds. The van der Waals surface area contributed by atoms with E-state index in [0.29, 0.717) is 19.2 Å². The molecular formula is C6H15NO2. The van der Waals surface area contributed by atoms with Crippen LogP contribution in [0.2, 0.25) is 0 Å². The summed E-state index contributed by atoms with van der Waals surface area (Å²) >= 11 is 0. The second kappa shape index (κ2) is 6.01. The second-order valence-corrected chi connectivity index (χ2v) is 2.03. The van der Waals surface area contributed by atoms with Crippen LogP contribution in [0.25, 0.3) is 0 Å². The highest BCUT2D eigenvalue weighted by molar-refractivity contribution is 4.56. The number of hydrogen-bond donors (Lipinski definition) is 2. The van der Waals surface area contributed by atoms with Crippen molar-refractivity contribution in [2.24, 2.45) is 0 Å². The smallest absolute Gasteiger partial charge is 0.0613 e. The molecule has 0 saturated heterocycles. The molecule has 0 fully saturated rings. The Labute approximate surface area is 56.0 Å². The maximum absolute atomic E-state index is 8.38. The first kappa shape index (κ1) is 8.88. The summed E-state index contributed by atoms with van der Waals surface area (Å²) < 4.78 is 4.86. The van der Waals surface area contributed by atoms with Gasteiger partial charge in [-0.05, 0) is 6.92 Å². The molecule has 0 aromatic rings. The first-order chi connectivity index (χ1) is 4.31.